The molecule has 0 spiro atoms. The Morgan fingerprint density at radius 3 is 2.37 bits per heavy atom. The maximum Gasteiger partial charge on any atom is 0.336 e. The fraction of sp³-hybridized carbons (Fsp3) is 0.450. The summed E-state index contributed by atoms with van der Waals surface area (Å²) >= 11 is 6.48. The van der Waals surface area contributed by atoms with Gasteiger partial charge in [-0.05, 0) is 45.4 Å². The Bertz CT molecular complexity index is 800. The van der Waals surface area contributed by atoms with Crippen LogP contribution in [0.3, 0.4) is 0 Å². The van der Waals surface area contributed by atoms with Crippen LogP contribution < -0.4 is 4.74 Å². The minimum atomic E-state index is -0.765. The third-order valence-electron chi connectivity index (χ3n) is 4.41. The van der Waals surface area contributed by atoms with Gasteiger partial charge in [0.15, 0.2) is 0 Å². The molecule has 2 atom stereocenters. The van der Waals surface area contributed by atoms with Gasteiger partial charge in [-0.25, -0.2) is 4.79 Å². The maximum absolute atomic E-state index is 12.7. The van der Waals surface area contributed by atoms with E-state index in [1.165, 1.54) is 7.11 Å². The molecule has 0 aromatic heterocycles. The lowest BCUT2D eigenvalue weighted by Gasteiger charge is -2.32. The van der Waals surface area contributed by atoms with Gasteiger partial charge in [-0.2, -0.15) is 0 Å². The molecule has 1 aromatic carbocycles. The van der Waals surface area contributed by atoms with Crippen molar-refractivity contribution in [2.75, 3.05) is 20.3 Å². The molecular weight excluding hydrogens is 370 g/mol. The molecule has 0 amide bonds. The zero-order valence-corrected chi connectivity index (χ0v) is 16.9. The normalized spacial score (nSPS) is 19.4. The number of esters is 2. The van der Waals surface area contributed by atoms with Crippen LogP contribution in [0.1, 0.15) is 39.2 Å². The van der Waals surface area contributed by atoms with Gasteiger partial charge in [0.05, 0.1) is 25.9 Å². The zero-order valence-electron chi connectivity index (χ0n) is 16.2. The van der Waals surface area contributed by atoms with E-state index in [1.54, 1.807) is 45.9 Å². The number of benzene rings is 1. The second-order valence-electron chi connectivity index (χ2n) is 6.07. The van der Waals surface area contributed by atoms with Crippen molar-refractivity contribution in [3.05, 3.63) is 40.1 Å². The topological polar surface area (TPSA) is 74.2 Å². The first kappa shape index (κ1) is 21.0. The Morgan fingerprint density at radius 1 is 1.15 bits per heavy atom. The molecular formula is C20H24ClNO5. The summed E-state index contributed by atoms with van der Waals surface area (Å²) in [6.07, 6.45) is 0. The summed E-state index contributed by atoms with van der Waals surface area (Å²) in [6, 6.07) is 5.14. The Kier molecular flexibility index (Phi) is 7.02. The Hall–Kier alpha value is -2.34. The monoisotopic (exact) mass is 393 g/mol. The van der Waals surface area contributed by atoms with E-state index >= 15 is 0 Å². The number of hydrogen-bond donors (Lipinski definition) is 0. The summed E-state index contributed by atoms with van der Waals surface area (Å²) in [5, 5.41) is 0.387. The highest BCUT2D eigenvalue weighted by Gasteiger charge is 2.43. The van der Waals surface area contributed by atoms with Crippen LogP contribution in [0.15, 0.2) is 34.5 Å². The summed E-state index contributed by atoms with van der Waals surface area (Å²) < 4.78 is 15.7. The van der Waals surface area contributed by atoms with E-state index in [1.807, 2.05) is 0 Å². The highest BCUT2D eigenvalue weighted by atomic mass is 35.5. The molecule has 0 N–H and O–H groups in total. The first-order chi connectivity index (χ1) is 12.8. The van der Waals surface area contributed by atoms with Gasteiger partial charge in [-0.1, -0.05) is 17.7 Å². The molecule has 1 aliphatic rings. The zero-order chi connectivity index (χ0) is 20.1. The fourth-order valence-corrected chi connectivity index (χ4v) is 3.56. The molecule has 1 aliphatic heterocycles. The Morgan fingerprint density at radius 2 is 1.81 bits per heavy atom. The second-order valence-corrected chi connectivity index (χ2v) is 6.47. The number of rotatable bonds is 6. The Balaban J connectivity index is 2.67. The summed E-state index contributed by atoms with van der Waals surface area (Å²) in [5.74, 6) is -1.81. The van der Waals surface area contributed by atoms with Gasteiger partial charge >= 0.3 is 11.9 Å². The minimum absolute atomic E-state index is 0.214. The largest absolute Gasteiger partial charge is 0.497 e. The molecule has 146 valence electrons. The fourth-order valence-electron chi connectivity index (χ4n) is 3.27. The number of aliphatic imine (C=N–C) groups is 1. The molecule has 0 bridgehead atoms. The molecule has 7 heteroatoms. The third kappa shape index (κ3) is 4.33. The van der Waals surface area contributed by atoms with Crippen molar-refractivity contribution in [1.29, 1.82) is 0 Å². The van der Waals surface area contributed by atoms with Gasteiger partial charge in [-0.15, -0.1) is 0 Å². The molecule has 1 aromatic rings. The number of ether oxygens (including phenoxy) is 3. The first-order valence-corrected chi connectivity index (χ1v) is 9.16. The summed E-state index contributed by atoms with van der Waals surface area (Å²) in [5.41, 5.74) is 2.00. The van der Waals surface area contributed by atoms with Crippen LogP contribution in [0.4, 0.5) is 0 Å². The summed E-state index contributed by atoms with van der Waals surface area (Å²) in [7, 11) is 1.54. The van der Waals surface area contributed by atoms with Crippen molar-refractivity contribution >= 4 is 29.3 Å². The highest BCUT2D eigenvalue weighted by molar-refractivity contribution is 6.31. The molecule has 0 fully saturated rings. The van der Waals surface area contributed by atoms with Crippen molar-refractivity contribution in [2.45, 2.75) is 33.6 Å². The predicted octanol–water partition coefficient (Wildman–Crippen LogP) is 3.92. The molecule has 2 rings (SSSR count). The number of hydrogen-bond acceptors (Lipinski definition) is 6. The number of halogens is 1. The lowest BCUT2D eigenvalue weighted by Crippen LogP contribution is -2.36. The first-order valence-electron chi connectivity index (χ1n) is 8.78. The van der Waals surface area contributed by atoms with Gasteiger partial charge in [0.25, 0.3) is 0 Å². The van der Waals surface area contributed by atoms with Gasteiger partial charge in [0.2, 0.25) is 0 Å². The van der Waals surface area contributed by atoms with Crippen molar-refractivity contribution in [1.82, 2.24) is 0 Å². The molecule has 6 nitrogen and oxygen atoms in total. The van der Waals surface area contributed by atoms with Crippen LogP contribution in [0, 0.1) is 5.92 Å². The van der Waals surface area contributed by atoms with Crippen molar-refractivity contribution in [3.63, 3.8) is 0 Å². The van der Waals surface area contributed by atoms with Crippen molar-refractivity contribution < 1.29 is 23.8 Å². The SMILES string of the molecule is CCOC(=O)C1=C(C)N=C(C)C(C(=O)OCC)[C@@H]1c1ccc(OC)cc1Cl. The van der Waals surface area contributed by atoms with Gasteiger partial charge in [0.1, 0.15) is 11.7 Å². The number of carbonyl (C=O) groups excluding carboxylic acids is 2. The molecule has 0 saturated carbocycles. The number of methoxy groups -OCH3 is 1. The second kappa shape index (κ2) is 9.04. The van der Waals surface area contributed by atoms with Crippen LogP contribution in [-0.2, 0) is 19.1 Å². The summed E-state index contributed by atoms with van der Waals surface area (Å²) in [4.78, 5) is 29.8. The minimum Gasteiger partial charge on any atom is -0.497 e. The van der Waals surface area contributed by atoms with Crippen LogP contribution in [0.25, 0.3) is 0 Å². The molecule has 1 unspecified atom stereocenters. The van der Waals surface area contributed by atoms with Gasteiger partial charge in [-0.3, -0.25) is 9.79 Å². The van der Waals surface area contributed by atoms with E-state index in [2.05, 4.69) is 4.99 Å². The van der Waals surface area contributed by atoms with Crippen LogP contribution in [-0.4, -0.2) is 38.0 Å². The molecule has 1 heterocycles. The molecule has 0 radical (unpaired) electrons. The van der Waals surface area contributed by atoms with E-state index < -0.39 is 23.8 Å². The molecule has 27 heavy (non-hydrogen) atoms. The van der Waals surface area contributed by atoms with E-state index in [-0.39, 0.29) is 13.2 Å². The standard InChI is InChI=1S/C20H24ClNO5/c1-6-26-19(23)16-11(3)22-12(4)17(20(24)27-7-2)18(16)14-9-8-13(25-5)10-15(14)21/h8-10,16,18H,6-7H2,1-5H3/t16?,18-/m0/s1. The van der Waals surface area contributed by atoms with Crippen LogP contribution >= 0.6 is 11.6 Å². The smallest absolute Gasteiger partial charge is 0.336 e. The Labute approximate surface area is 164 Å². The summed E-state index contributed by atoms with van der Waals surface area (Å²) in [6.45, 7) is 7.37. The van der Waals surface area contributed by atoms with Crippen LogP contribution in [0.5, 0.6) is 5.75 Å². The van der Waals surface area contributed by atoms with E-state index in [0.717, 1.165) is 0 Å². The van der Waals surface area contributed by atoms with Crippen molar-refractivity contribution in [2.24, 2.45) is 10.9 Å². The van der Waals surface area contributed by atoms with Gasteiger partial charge < -0.3 is 14.2 Å². The third-order valence-corrected chi connectivity index (χ3v) is 4.73. The molecule has 0 saturated heterocycles. The lowest BCUT2D eigenvalue weighted by molar-refractivity contribution is -0.146. The van der Waals surface area contributed by atoms with E-state index in [4.69, 9.17) is 25.8 Å². The predicted molar refractivity (Wildman–Crippen MR) is 103 cm³/mol. The van der Waals surface area contributed by atoms with Crippen LogP contribution in [0.2, 0.25) is 5.02 Å². The van der Waals surface area contributed by atoms with E-state index in [9.17, 15) is 9.59 Å². The average Bonchev–Trinajstić information content (AvgIpc) is 2.61. The number of carbonyl (C=O) groups is 2. The quantitative estimate of drug-likeness (QED) is 0.685. The average molecular weight is 394 g/mol. The number of nitrogens with zero attached hydrogens (tertiary/aromatic N) is 1. The van der Waals surface area contributed by atoms with E-state index in [0.29, 0.717) is 33.3 Å². The highest BCUT2D eigenvalue weighted by Crippen LogP contribution is 2.43. The maximum atomic E-state index is 12.7. The van der Waals surface area contributed by atoms with Crippen molar-refractivity contribution in [3.8, 4) is 5.75 Å². The molecule has 0 aliphatic carbocycles. The lowest BCUT2D eigenvalue weighted by atomic mass is 9.75. The van der Waals surface area contributed by atoms with Gasteiger partial charge in [0, 0.05) is 22.3 Å². The number of allylic oxidation sites excluding steroid dienone is 1.